The molecule has 0 aromatic heterocycles. The van der Waals surface area contributed by atoms with Crippen molar-refractivity contribution in [1.82, 2.24) is 10.6 Å². The third kappa shape index (κ3) is 6.42. The molecule has 0 aromatic rings. The van der Waals surface area contributed by atoms with Gasteiger partial charge in [0, 0.05) is 11.5 Å². The molecular weight excluding hydrogens is 220 g/mol. The fraction of sp³-hybridized carbons (Fsp3) is 0.750. The van der Waals surface area contributed by atoms with Crippen LogP contribution in [-0.4, -0.2) is 50.3 Å². The third-order valence-corrected chi connectivity index (χ3v) is 4.12. The van der Waals surface area contributed by atoms with Crippen molar-refractivity contribution in [2.45, 2.75) is 12.1 Å². The highest BCUT2D eigenvalue weighted by molar-refractivity contribution is 8.76. The Kier molecular flexibility index (Phi) is 9.49. The number of carbonyl (C=O) groups excluding carboxylic acids is 2. The molecule has 6 heteroatoms. The van der Waals surface area contributed by atoms with Gasteiger partial charge in [-0.15, -0.1) is 0 Å². The van der Waals surface area contributed by atoms with Gasteiger partial charge in [0.25, 0.3) is 0 Å². The molecular formula is C8H16N2O2S2. The molecule has 0 aliphatic carbocycles. The van der Waals surface area contributed by atoms with Crippen LogP contribution in [0.5, 0.6) is 0 Å². The van der Waals surface area contributed by atoms with Crippen molar-refractivity contribution in [3.05, 3.63) is 0 Å². The molecule has 2 unspecified atom stereocenters. The smallest absolute Gasteiger partial charge is 0.137 e. The van der Waals surface area contributed by atoms with Gasteiger partial charge in [0.05, 0.1) is 12.1 Å². The molecule has 14 heavy (non-hydrogen) atoms. The Morgan fingerprint density at radius 2 is 1.36 bits per heavy atom. The summed E-state index contributed by atoms with van der Waals surface area (Å²) < 4.78 is 0. The molecule has 0 saturated carbocycles. The first kappa shape index (κ1) is 14.0. The lowest BCUT2D eigenvalue weighted by Gasteiger charge is -2.09. The lowest BCUT2D eigenvalue weighted by Crippen LogP contribution is -2.30. The van der Waals surface area contributed by atoms with E-state index in [0.29, 0.717) is 0 Å². The minimum absolute atomic E-state index is 0.100. The van der Waals surface area contributed by atoms with Gasteiger partial charge in [-0.2, -0.15) is 0 Å². The normalized spacial score (nSPS) is 14.7. The summed E-state index contributed by atoms with van der Waals surface area (Å²) in [5.74, 6) is 1.44. The Balaban J connectivity index is 3.44. The van der Waals surface area contributed by atoms with E-state index in [-0.39, 0.29) is 12.1 Å². The van der Waals surface area contributed by atoms with Gasteiger partial charge in [0.1, 0.15) is 12.6 Å². The van der Waals surface area contributed by atoms with Gasteiger partial charge in [-0.1, -0.05) is 21.6 Å². The zero-order chi connectivity index (χ0) is 10.8. The maximum Gasteiger partial charge on any atom is 0.137 e. The number of hydrogen-bond donors (Lipinski definition) is 2. The highest BCUT2D eigenvalue weighted by atomic mass is 33.1. The van der Waals surface area contributed by atoms with Gasteiger partial charge in [0.2, 0.25) is 0 Å². The van der Waals surface area contributed by atoms with Gasteiger partial charge in [-0.3, -0.25) is 0 Å². The Hall–Kier alpha value is -0.0400. The van der Waals surface area contributed by atoms with Gasteiger partial charge in [0.15, 0.2) is 0 Å². The van der Waals surface area contributed by atoms with Crippen LogP contribution in [0.4, 0.5) is 0 Å². The number of hydrogen-bond acceptors (Lipinski definition) is 6. The number of rotatable bonds is 9. The quantitative estimate of drug-likeness (QED) is 0.332. The monoisotopic (exact) mass is 236 g/mol. The first-order valence-corrected chi connectivity index (χ1v) is 6.76. The molecule has 4 nitrogen and oxygen atoms in total. The van der Waals surface area contributed by atoms with E-state index in [1.54, 1.807) is 35.7 Å². The maximum atomic E-state index is 10.4. The van der Waals surface area contributed by atoms with Gasteiger partial charge < -0.3 is 20.2 Å². The van der Waals surface area contributed by atoms with Crippen LogP contribution >= 0.6 is 21.6 Å². The number of likely N-dealkylation sites (N-methyl/N-ethyl adjacent to an activating group) is 2. The van der Waals surface area contributed by atoms with Crippen LogP contribution in [0.25, 0.3) is 0 Å². The van der Waals surface area contributed by atoms with E-state index in [0.717, 1.165) is 24.1 Å². The van der Waals surface area contributed by atoms with Crippen molar-refractivity contribution in [1.29, 1.82) is 0 Å². The van der Waals surface area contributed by atoms with E-state index in [9.17, 15) is 9.59 Å². The lowest BCUT2D eigenvalue weighted by atomic mass is 10.4. The molecule has 0 rings (SSSR count). The summed E-state index contributed by atoms with van der Waals surface area (Å²) in [6.07, 6.45) is 1.78. The molecule has 2 atom stereocenters. The molecule has 0 aliphatic heterocycles. The molecule has 2 N–H and O–H groups in total. The van der Waals surface area contributed by atoms with Crippen LogP contribution in [0.3, 0.4) is 0 Å². The number of nitrogens with one attached hydrogen (secondary N) is 2. The second-order valence-corrected chi connectivity index (χ2v) is 5.18. The zero-order valence-electron chi connectivity index (χ0n) is 8.36. The fourth-order valence-electron chi connectivity index (χ4n) is 0.624. The van der Waals surface area contributed by atoms with Crippen LogP contribution in [0.1, 0.15) is 0 Å². The second-order valence-electron chi connectivity index (χ2n) is 2.63. The average molecular weight is 236 g/mol. The minimum atomic E-state index is -0.100. The van der Waals surface area contributed by atoms with Gasteiger partial charge >= 0.3 is 0 Å². The molecule has 0 heterocycles. The maximum absolute atomic E-state index is 10.4. The predicted molar refractivity (Wildman–Crippen MR) is 62.7 cm³/mol. The van der Waals surface area contributed by atoms with Crippen molar-refractivity contribution in [3.8, 4) is 0 Å². The van der Waals surface area contributed by atoms with E-state index < -0.39 is 0 Å². The molecule has 0 bridgehead atoms. The molecule has 0 aromatic carbocycles. The molecule has 0 aliphatic rings. The number of carbonyl (C=O) groups is 2. The summed E-state index contributed by atoms with van der Waals surface area (Å²) in [6.45, 7) is 0. The largest absolute Gasteiger partial charge is 0.310 e. The SMILES string of the molecule is CNC(C=O)CSSCC(C=O)NC. The molecule has 0 saturated heterocycles. The van der Waals surface area contributed by atoms with Crippen molar-refractivity contribution >= 4 is 34.2 Å². The van der Waals surface area contributed by atoms with Gasteiger partial charge in [-0.05, 0) is 14.1 Å². The summed E-state index contributed by atoms with van der Waals surface area (Å²) >= 11 is 0. The van der Waals surface area contributed by atoms with Crippen LogP contribution in [-0.2, 0) is 9.59 Å². The van der Waals surface area contributed by atoms with Crippen molar-refractivity contribution in [3.63, 3.8) is 0 Å². The summed E-state index contributed by atoms with van der Waals surface area (Å²) in [5, 5.41) is 5.76. The Bertz CT molecular complexity index is 151. The third-order valence-electron chi connectivity index (χ3n) is 1.65. The molecule has 0 amide bonds. The van der Waals surface area contributed by atoms with E-state index >= 15 is 0 Å². The Labute approximate surface area is 92.4 Å². The van der Waals surface area contributed by atoms with Gasteiger partial charge in [-0.25, -0.2) is 0 Å². The first-order chi connectivity index (χ1) is 6.78. The Morgan fingerprint density at radius 3 is 1.57 bits per heavy atom. The lowest BCUT2D eigenvalue weighted by molar-refractivity contribution is -0.109. The van der Waals surface area contributed by atoms with Crippen LogP contribution in [0, 0.1) is 0 Å². The fourth-order valence-corrected chi connectivity index (χ4v) is 3.06. The molecule has 0 spiro atoms. The standard InChI is InChI=1S/C8H16N2O2S2/c1-9-7(3-11)5-13-14-6-8(4-12)10-2/h3-4,7-10H,5-6H2,1-2H3. The van der Waals surface area contributed by atoms with E-state index in [1.165, 1.54) is 0 Å². The summed E-state index contributed by atoms with van der Waals surface area (Å²) in [4.78, 5) is 20.8. The number of aldehydes is 2. The minimum Gasteiger partial charge on any atom is -0.310 e. The second kappa shape index (κ2) is 9.51. The molecule has 0 fully saturated rings. The van der Waals surface area contributed by atoms with Crippen molar-refractivity contribution in [2.24, 2.45) is 0 Å². The average Bonchev–Trinajstić information content (AvgIpc) is 2.24. The molecule has 0 radical (unpaired) electrons. The van der Waals surface area contributed by atoms with Crippen LogP contribution < -0.4 is 10.6 Å². The van der Waals surface area contributed by atoms with Crippen molar-refractivity contribution in [2.75, 3.05) is 25.6 Å². The van der Waals surface area contributed by atoms with Crippen LogP contribution in [0.2, 0.25) is 0 Å². The zero-order valence-corrected chi connectivity index (χ0v) is 9.99. The topological polar surface area (TPSA) is 58.2 Å². The summed E-state index contributed by atoms with van der Waals surface area (Å²) in [6, 6.07) is -0.200. The van der Waals surface area contributed by atoms with E-state index in [2.05, 4.69) is 10.6 Å². The summed E-state index contributed by atoms with van der Waals surface area (Å²) in [5.41, 5.74) is 0. The molecule has 82 valence electrons. The Morgan fingerprint density at radius 1 is 1.00 bits per heavy atom. The highest BCUT2D eigenvalue weighted by Crippen LogP contribution is 2.21. The van der Waals surface area contributed by atoms with Crippen molar-refractivity contribution < 1.29 is 9.59 Å². The summed E-state index contributed by atoms with van der Waals surface area (Å²) in [7, 11) is 6.70. The predicted octanol–water partition coefficient (Wildman–Crippen LogP) is -0.0584. The highest BCUT2D eigenvalue weighted by Gasteiger charge is 2.06. The van der Waals surface area contributed by atoms with E-state index in [1.807, 2.05) is 0 Å². The van der Waals surface area contributed by atoms with E-state index in [4.69, 9.17) is 0 Å². The first-order valence-electron chi connectivity index (χ1n) is 4.28. The van der Waals surface area contributed by atoms with Crippen LogP contribution in [0.15, 0.2) is 0 Å².